The first-order chi connectivity index (χ1) is 14.5. The summed E-state index contributed by atoms with van der Waals surface area (Å²) in [4.78, 5) is 13.7. The fourth-order valence-electron chi connectivity index (χ4n) is 4.25. The molecule has 0 saturated heterocycles. The number of benzene rings is 3. The van der Waals surface area contributed by atoms with E-state index in [1.165, 1.54) is 4.90 Å². The molecule has 4 aromatic rings. The van der Waals surface area contributed by atoms with Crippen LogP contribution in [-0.4, -0.2) is 13.3 Å². The van der Waals surface area contributed by atoms with Crippen LogP contribution in [0.1, 0.15) is 16.7 Å². The average molecular weight is 441 g/mol. The number of ether oxygens (including phenoxy) is 1. The molecule has 2 heterocycles. The Bertz CT molecular complexity index is 1350. The van der Waals surface area contributed by atoms with Crippen molar-refractivity contribution in [2.24, 2.45) is 0 Å². The Balaban J connectivity index is 1.48. The number of hydrogen-bond acceptors (Lipinski definition) is 3. The zero-order chi connectivity index (χ0) is 20.8. The fourth-order valence-corrected chi connectivity index (χ4v) is 4.75. The van der Waals surface area contributed by atoms with E-state index in [9.17, 15) is 4.79 Å². The highest BCUT2D eigenvalue weighted by atomic mass is 35.5. The van der Waals surface area contributed by atoms with E-state index in [2.05, 4.69) is 6.07 Å². The molecule has 4 nitrogen and oxygen atoms in total. The van der Waals surface area contributed by atoms with Gasteiger partial charge in [0.15, 0.2) is 0 Å². The van der Waals surface area contributed by atoms with Gasteiger partial charge in [-0.3, -0.25) is 4.90 Å². The molecule has 0 amide bonds. The molecule has 1 atom stereocenters. The summed E-state index contributed by atoms with van der Waals surface area (Å²) in [5.41, 5.74) is 3.38. The first kappa shape index (κ1) is 19.4. The number of fused-ring (bicyclic) bond motifs is 4. The molecule has 1 N–H and O–H groups in total. The maximum Gasteiger partial charge on any atom is 0.344 e. The lowest BCUT2D eigenvalue weighted by molar-refractivity contribution is -0.932. The van der Waals surface area contributed by atoms with Crippen LogP contribution >= 0.6 is 23.2 Å². The predicted octanol–water partition coefficient (Wildman–Crippen LogP) is 4.54. The molecule has 0 spiro atoms. The summed E-state index contributed by atoms with van der Waals surface area (Å²) >= 11 is 12.3. The van der Waals surface area contributed by atoms with Gasteiger partial charge in [0.1, 0.15) is 17.9 Å². The summed E-state index contributed by atoms with van der Waals surface area (Å²) in [5, 5.41) is 3.81. The molecule has 1 aliphatic heterocycles. The molecule has 0 aliphatic carbocycles. The summed E-state index contributed by atoms with van der Waals surface area (Å²) in [6.07, 6.45) is 0.842. The van der Waals surface area contributed by atoms with Crippen molar-refractivity contribution < 1.29 is 14.1 Å². The van der Waals surface area contributed by atoms with Crippen molar-refractivity contribution in [2.45, 2.75) is 19.9 Å². The van der Waals surface area contributed by atoms with Crippen LogP contribution in [-0.2, 0) is 13.0 Å². The second-order valence-corrected chi connectivity index (χ2v) is 8.60. The monoisotopic (exact) mass is 440 g/mol. The molecule has 1 aliphatic rings. The van der Waals surface area contributed by atoms with Crippen LogP contribution in [0.5, 0.6) is 5.75 Å². The normalized spacial score (nSPS) is 15.9. The van der Waals surface area contributed by atoms with Crippen molar-refractivity contribution in [1.82, 2.24) is 0 Å². The SMILES string of the molecule is Cc1c2c(cc3c1oc(=O)c1ccccc13)C[NH+](CCc1ccc(Cl)cc1Cl)CO2. The number of rotatable bonds is 3. The summed E-state index contributed by atoms with van der Waals surface area (Å²) in [6, 6.07) is 15.3. The molecule has 6 heteroatoms. The lowest BCUT2D eigenvalue weighted by Crippen LogP contribution is -3.12. The molecule has 3 aromatic carbocycles. The highest BCUT2D eigenvalue weighted by Gasteiger charge is 2.25. The third kappa shape index (κ3) is 3.35. The zero-order valence-corrected chi connectivity index (χ0v) is 17.9. The molecule has 30 heavy (non-hydrogen) atoms. The van der Waals surface area contributed by atoms with Crippen LogP contribution < -0.4 is 15.3 Å². The summed E-state index contributed by atoms with van der Waals surface area (Å²) in [7, 11) is 0. The highest BCUT2D eigenvalue weighted by Crippen LogP contribution is 2.34. The van der Waals surface area contributed by atoms with Gasteiger partial charge in [0.05, 0.1) is 11.9 Å². The molecule has 1 unspecified atom stereocenters. The zero-order valence-electron chi connectivity index (χ0n) is 16.4. The summed E-state index contributed by atoms with van der Waals surface area (Å²) in [6.45, 7) is 4.24. The van der Waals surface area contributed by atoms with Crippen molar-refractivity contribution >= 4 is 44.9 Å². The molecule has 1 aromatic heterocycles. The Hall–Kier alpha value is -2.53. The fraction of sp³-hybridized carbons (Fsp3) is 0.208. The molecule has 0 fully saturated rings. The van der Waals surface area contributed by atoms with E-state index in [0.717, 1.165) is 52.7 Å². The van der Waals surface area contributed by atoms with Crippen molar-refractivity contribution in [3.05, 3.63) is 85.7 Å². The van der Waals surface area contributed by atoms with E-state index >= 15 is 0 Å². The van der Waals surface area contributed by atoms with Crippen LogP contribution in [0.25, 0.3) is 21.7 Å². The molecule has 0 bridgehead atoms. The smallest absolute Gasteiger partial charge is 0.344 e. The third-order valence-corrected chi connectivity index (χ3v) is 6.38. The van der Waals surface area contributed by atoms with Gasteiger partial charge in [-0.25, -0.2) is 4.79 Å². The Morgan fingerprint density at radius 2 is 1.83 bits per heavy atom. The van der Waals surface area contributed by atoms with E-state index in [1.54, 1.807) is 12.1 Å². The minimum atomic E-state index is -0.316. The van der Waals surface area contributed by atoms with Crippen molar-refractivity contribution in [3.8, 4) is 5.75 Å². The maximum absolute atomic E-state index is 12.4. The van der Waals surface area contributed by atoms with Gasteiger partial charge in [-0.1, -0.05) is 47.5 Å². The number of hydrogen-bond donors (Lipinski definition) is 1. The van der Waals surface area contributed by atoms with Crippen LogP contribution in [0.4, 0.5) is 0 Å². The van der Waals surface area contributed by atoms with Gasteiger partial charge in [-0.15, -0.1) is 0 Å². The quantitative estimate of drug-likeness (QED) is 0.375. The van der Waals surface area contributed by atoms with E-state index in [0.29, 0.717) is 27.7 Å². The van der Waals surface area contributed by atoms with E-state index in [-0.39, 0.29) is 5.63 Å². The van der Waals surface area contributed by atoms with E-state index in [4.69, 9.17) is 32.4 Å². The van der Waals surface area contributed by atoms with Gasteiger partial charge in [-0.2, -0.15) is 0 Å². The van der Waals surface area contributed by atoms with Gasteiger partial charge in [0.25, 0.3) is 0 Å². The Morgan fingerprint density at radius 1 is 1.03 bits per heavy atom. The van der Waals surface area contributed by atoms with Gasteiger partial charge in [-0.05, 0) is 42.1 Å². The number of aryl methyl sites for hydroxylation is 1. The molecule has 152 valence electrons. The third-order valence-electron chi connectivity index (χ3n) is 5.79. The Kier molecular flexibility index (Phi) is 4.94. The first-order valence-corrected chi connectivity index (χ1v) is 10.6. The molecule has 5 rings (SSSR count). The Morgan fingerprint density at radius 3 is 2.63 bits per heavy atom. The number of quaternary nitrogens is 1. The molecular formula is C24H20Cl2NO3+. The topological polar surface area (TPSA) is 43.9 Å². The first-order valence-electron chi connectivity index (χ1n) is 9.89. The van der Waals surface area contributed by atoms with Crippen LogP contribution in [0.2, 0.25) is 10.0 Å². The molecule has 0 radical (unpaired) electrons. The average Bonchev–Trinajstić information content (AvgIpc) is 2.74. The van der Waals surface area contributed by atoms with Crippen molar-refractivity contribution in [1.29, 1.82) is 0 Å². The summed E-state index contributed by atoms with van der Waals surface area (Å²) < 4.78 is 11.8. The van der Waals surface area contributed by atoms with E-state index in [1.807, 2.05) is 37.3 Å². The van der Waals surface area contributed by atoms with Crippen LogP contribution in [0.15, 0.2) is 57.7 Å². The van der Waals surface area contributed by atoms with Crippen molar-refractivity contribution in [3.63, 3.8) is 0 Å². The lowest BCUT2D eigenvalue weighted by atomic mass is 10.00. The van der Waals surface area contributed by atoms with Crippen LogP contribution in [0, 0.1) is 6.92 Å². The Labute approximate surface area is 183 Å². The minimum absolute atomic E-state index is 0.316. The van der Waals surface area contributed by atoms with Crippen molar-refractivity contribution in [2.75, 3.05) is 13.3 Å². The van der Waals surface area contributed by atoms with Gasteiger partial charge in [0, 0.05) is 33.0 Å². The highest BCUT2D eigenvalue weighted by molar-refractivity contribution is 6.35. The predicted molar refractivity (Wildman–Crippen MR) is 120 cm³/mol. The maximum atomic E-state index is 12.4. The second kappa shape index (κ2) is 7.62. The van der Waals surface area contributed by atoms with Crippen LogP contribution in [0.3, 0.4) is 0 Å². The van der Waals surface area contributed by atoms with E-state index < -0.39 is 0 Å². The minimum Gasteiger partial charge on any atom is -0.444 e. The molecular weight excluding hydrogens is 421 g/mol. The number of halogens is 2. The standard InChI is InChI=1S/C24H19Cl2NO3/c1-14-22-16(10-20-18-4-2-3-5-19(18)24(28)30-23(14)20)12-27(13-29-22)9-8-15-6-7-17(25)11-21(15)26/h2-7,10-11H,8-9,12-13H2,1H3/p+1. The summed E-state index contributed by atoms with van der Waals surface area (Å²) in [5.74, 6) is 0.828. The molecule has 0 saturated carbocycles. The van der Waals surface area contributed by atoms with Gasteiger partial charge in [0.2, 0.25) is 6.73 Å². The second-order valence-electron chi connectivity index (χ2n) is 7.75. The van der Waals surface area contributed by atoms with Gasteiger partial charge < -0.3 is 9.15 Å². The van der Waals surface area contributed by atoms with Gasteiger partial charge >= 0.3 is 5.63 Å². The lowest BCUT2D eigenvalue weighted by Gasteiger charge is -2.27. The number of nitrogens with one attached hydrogen (secondary N) is 1. The largest absolute Gasteiger partial charge is 0.444 e.